The summed E-state index contributed by atoms with van der Waals surface area (Å²) < 4.78 is 5.02. The summed E-state index contributed by atoms with van der Waals surface area (Å²) in [6, 6.07) is 27.1. The van der Waals surface area contributed by atoms with Crippen molar-refractivity contribution in [1.29, 1.82) is 0 Å². The minimum Gasteiger partial charge on any atom is -0.465 e. The van der Waals surface area contributed by atoms with E-state index in [-0.39, 0.29) is 0 Å². The Morgan fingerprint density at radius 1 is 0.852 bits per heavy atom. The molecule has 3 rings (SSSR count). The van der Waals surface area contributed by atoms with E-state index in [1.807, 2.05) is 84.9 Å². The Morgan fingerprint density at radius 3 is 2.11 bits per heavy atom. The van der Waals surface area contributed by atoms with Crippen molar-refractivity contribution in [3.8, 4) is 0 Å². The molecule has 0 saturated carbocycles. The molecule has 134 valence electrons. The Kier molecular flexibility index (Phi) is 6.24. The third-order valence-corrected chi connectivity index (χ3v) is 4.30. The number of benzene rings is 3. The predicted octanol–water partition coefficient (Wildman–Crippen LogP) is 6.14. The van der Waals surface area contributed by atoms with Gasteiger partial charge in [0.15, 0.2) is 0 Å². The Balaban J connectivity index is 2.17. The quantitative estimate of drug-likeness (QED) is 0.232. The average molecular weight is 375 g/mol. The molecule has 0 unspecified atom stereocenters. The fourth-order valence-electron chi connectivity index (χ4n) is 2.75. The summed E-state index contributed by atoms with van der Waals surface area (Å²) in [5.41, 5.74) is 4.12. The van der Waals surface area contributed by atoms with Gasteiger partial charge in [0.05, 0.1) is 12.7 Å². The number of rotatable bonds is 5. The van der Waals surface area contributed by atoms with Crippen LogP contribution < -0.4 is 0 Å². The smallest absolute Gasteiger partial charge is 0.338 e. The molecule has 0 aromatic heterocycles. The van der Waals surface area contributed by atoms with Gasteiger partial charge in [-0.25, -0.2) is 4.79 Å². The van der Waals surface area contributed by atoms with Crippen LogP contribution in [0.15, 0.2) is 91.0 Å². The number of carbonyl (C=O) groups is 1. The number of ether oxygens (including phenoxy) is 1. The van der Waals surface area contributed by atoms with E-state index in [1.54, 1.807) is 12.1 Å². The molecule has 3 aromatic carbocycles. The van der Waals surface area contributed by atoms with Crippen LogP contribution in [0.3, 0.4) is 0 Å². The number of carbonyl (C=O) groups excluding carboxylic acids is 1. The van der Waals surface area contributed by atoms with Crippen LogP contribution in [0.2, 0.25) is 5.02 Å². The molecule has 0 aliphatic heterocycles. The maximum absolute atomic E-state index is 12.5. The van der Waals surface area contributed by atoms with Crippen molar-refractivity contribution in [2.24, 2.45) is 0 Å². The van der Waals surface area contributed by atoms with E-state index in [0.29, 0.717) is 16.2 Å². The van der Waals surface area contributed by atoms with Crippen molar-refractivity contribution in [1.82, 2.24) is 0 Å². The van der Waals surface area contributed by atoms with E-state index in [2.05, 4.69) is 0 Å². The Bertz CT molecular complexity index is 974. The van der Waals surface area contributed by atoms with Crippen LogP contribution in [0.1, 0.15) is 16.7 Å². The van der Waals surface area contributed by atoms with Crippen LogP contribution in [0.4, 0.5) is 0 Å². The highest BCUT2D eigenvalue weighted by Crippen LogP contribution is 2.27. The van der Waals surface area contributed by atoms with Crippen molar-refractivity contribution in [2.45, 2.75) is 0 Å². The van der Waals surface area contributed by atoms with Crippen molar-refractivity contribution < 1.29 is 9.53 Å². The summed E-state index contributed by atoms with van der Waals surface area (Å²) in [5, 5.41) is 0.565. The van der Waals surface area contributed by atoms with Gasteiger partial charge in [-0.3, -0.25) is 0 Å². The Morgan fingerprint density at radius 2 is 1.48 bits per heavy atom. The molecule has 2 nitrogen and oxygen atoms in total. The topological polar surface area (TPSA) is 26.3 Å². The van der Waals surface area contributed by atoms with Crippen LogP contribution in [-0.4, -0.2) is 13.1 Å². The zero-order chi connectivity index (χ0) is 19.1. The zero-order valence-corrected chi connectivity index (χ0v) is 15.7. The Hall–Kier alpha value is -3.10. The van der Waals surface area contributed by atoms with Gasteiger partial charge in [-0.1, -0.05) is 84.4 Å². The molecular formula is C24H19ClO2. The van der Waals surface area contributed by atoms with Crippen molar-refractivity contribution >= 4 is 34.8 Å². The van der Waals surface area contributed by atoms with Gasteiger partial charge in [0, 0.05) is 5.02 Å². The molecule has 3 aromatic rings. The first-order valence-corrected chi connectivity index (χ1v) is 8.93. The molecule has 0 saturated heterocycles. The summed E-state index contributed by atoms with van der Waals surface area (Å²) in [5.74, 6) is -0.410. The summed E-state index contributed by atoms with van der Waals surface area (Å²) >= 11 is 6.13. The van der Waals surface area contributed by atoms with Gasteiger partial charge in [-0.05, 0) is 46.5 Å². The number of esters is 1. The molecule has 0 spiro atoms. The van der Waals surface area contributed by atoms with Gasteiger partial charge < -0.3 is 4.74 Å². The molecule has 0 atom stereocenters. The third-order valence-electron chi connectivity index (χ3n) is 4.07. The van der Waals surface area contributed by atoms with Gasteiger partial charge in [-0.15, -0.1) is 0 Å². The summed E-state index contributed by atoms with van der Waals surface area (Å²) in [7, 11) is 1.38. The Labute approximate surface area is 164 Å². The van der Waals surface area contributed by atoms with E-state index in [0.717, 1.165) is 16.7 Å². The summed E-state index contributed by atoms with van der Waals surface area (Å²) in [6.45, 7) is 0. The van der Waals surface area contributed by atoms with E-state index in [4.69, 9.17) is 16.3 Å². The van der Waals surface area contributed by atoms with Crippen LogP contribution >= 0.6 is 11.6 Å². The molecular weight excluding hydrogens is 356 g/mol. The lowest BCUT2D eigenvalue weighted by atomic mass is 9.97. The molecule has 0 aliphatic rings. The largest absolute Gasteiger partial charge is 0.465 e. The zero-order valence-electron chi connectivity index (χ0n) is 14.9. The van der Waals surface area contributed by atoms with E-state index < -0.39 is 5.97 Å². The highest BCUT2D eigenvalue weighted by atomic mass is 35.5. The lowest BCUT2D eigenvalue weighted by Crippen LogP contribution is -2.04. The first kappa shape index (κ1) is 18.7. The van der Waals surface area contributed by atoms with Gasteiger partial charge in [0.25, 0.3) is 0 Å². The minimum absolute atomic E-state index is 0.410. The maximum Gasteiger partial charge on any atom is 0.338 e. The number of allylic oxidation sites excluding steroid dienone is 2. The molecule has 0 heterocycles. The lowest BCUT2D eigenvalue weighted by Gasteiger charge is -2.10. The van der Waals surface area contributed by atoms with Crippen molar-refractivity contribution in [3.05, 3.63) is 113 Å². The molecule has 0 N–H and O–H groups in total. The van der Waals surface area contributed by atoms with Gasteiger partial charge in [0.2, 0.25) is 0 Å². The number of hydrogen-bond donors (Lipinski definition) is 0. The monoisotopic (exact) mass is 374 g/mol. The molecule has 0 aliphatic carbocycles. The first-order chi connectivity index (χ1) is 13.2. The van der Waals surface area contributed by atoms with E-state index in [9.17, 15) is 4.79 Å². The van der Waals surface area contributed by atoms with E-state index in [1.165, 1.54) is 7.11 Å². The highest BCUT2D eigenvalue weighted by molar-refractivity contribution is 6.31. The third kappa shape index (κ3) is 4.96. The predicted molar refractivity (Wildman–Crippen MR) is 112 cm³/mol. The first-order valence-electron chi connectivity index (χ1n) is 8.55. The minimum atomic E-state index is -0.410. The number of halogens is 1. The average Bonchev–Trinajstić information content (AvgIpc) is 2.72. The van der Waals surface area contributed by atoms with Gasteiger partial charge in [0.1, 0.15) is 0 Å². The molecule has 0 amide bonds. The maximum atomic E-state index is 12.5. The van der Waals surface area contributed by atoms with Crippen LogP contribution in [0.25, 0.3) is 17.2 Å². The molecule has 0 fully saturated rings. The van der Waals surface area contributed by atoms with Crippen LogP contribution in [0.5, 0.6) is 0 Å². The van der Waals surface area contributed by atoms with E-state index >= 15 is 0 Å². The molecule has 3 heteroatoms. The second-order valence-corrected chi connectivity index (χ2v) is 6.37. The standard InChI is InChI=1S/C24H19ClO2/c1-27-24(26)23(20-13-8-14-22(25)16-20)17-21(19-11-6-3-7-12-19)15-18-9-4-2-5-10-18/h2-17H,1H3/b21-15-,23-17+. The molecule has 0 radical (unpaired) electrons. The molecule has 27 heavy (non-hydrogen) atoms. The fraction of sp³-hybridized carbons (Fsp3) is 0.0417. The van der Waals surface area contributed by atoms with Gasteiger partial charge >= 0.3 is 5.97 Å². The van der Waals surface area contributed by atoms with Crippen LogP contribution in [0, 0.1) is 0 Å². The van der Waals surface area contributed by atoms with Crippen molar-refractivity contribution in [2.75, 3.05) is 7.11 Å². The summed E-state index contributed by atoms with van der Waals surface area (Å²) in [4.78, 5) is 12.5. The number of hydrogen-bond acceptors (Lipinski definition) is 2. The normalized spacial score (nSPS) is 11.9. The highest BCUT2D eigenvalue weighted by Gasteiger charge is 2.14. The van der Waals surface area contributed by atoms with Crippen LogP contribution in [-0.2, 0) is 9.53 Å². The lowest BCUT2D eigenvalue weighted by molar-refractivity contribution is -0.133. The fourth-order valence-corrected chi connectivity index (χ4v) is 2.94. The van der Waals surface area contributed by atoms with Gasteiger partial charge in [-0.2, -0.15) is 0 Å². The second kappa shape index (κ2) is 9.02. The number of methoxy groups -OCH3 is 1. The second-order valence-electron chi connectivity index (χ2n) is 5.94. The summed E-state index contributed by atoms with van der Waals surface area (Å²) in [6.07, 6.45) is 3.89. The van der Waals surface area contributed by atoms with Crippen molar-refractivity contribution in [3.63, 3.8) is 0 Å². The molecule has 0 bridgehead atoms. The SMILES string of the molecule is COC(=O)/C(=C/C(=C/c1ccccc1)c1ccccc1)c1cccc(Cl)c1.